The molecule has 0 bridgehead atoms. The monoisotopic (exact) mass is 290 g/mol. The van der Waals surface area contributed by atoms with Crippen LogP contribution >= 0.6 is 11.6 Å². The fraction of sp³-hybridized carbons (Fsp3) is 0.294. The molecule has 0 aliphatic carbocycles. The molecule has 2 rings (SSSR count). The fourth-order valence-corrected chi connectivity index (χ4v) is 2.53. The second-order valence-electron chi connectivity index (χ2n) is 4.84. The van der Waals surface area contributed by atoms with Crippen molar-refractivity contribution in [3.05, 3.63) is 58.7 Å². The Balaban J connectivity index is 2.45. The molecule has 0 N–H and O–H groups in total. The van der Waals surface area contributed by atoms with E-state index in [4.69, 9.17) is 21.1 Å². The van der Waals surface area contributed by atoms with E-state index in [1.165, 1.54) is 0 Å². The molecule has 0 saturated heterocycles. The summed E-state index contributed by atoms with van der Waals surface area (Å²) in [5, 5.41) is -0.264. The van der Waals surface area contributed by atoms with Gasteiger partial charge in [0, 0.05) is 5.56 Å². The van der Waals surface area contributed by atoms with Gasteiger partial charge in [0.15, 0.2) is 0 Å². The number of alkyl halides is 1. The molecule has 0 fully saturated rings. The Morgan fingerprint density at radius 1 is 0.900 bits per heavy atom. The van der Waals surface area contributed by atoms with E-state index >= 15 is 0 Å². The maximum atomic E-state index is 6.63. The summed E-state index contributed by atoms with van der Waals surface area (Å²) < 4.78 is 10.8. The summed E-state index contributed by atoms with van der Waals surface area (Å²) >= 11 is 6.63. The maximum Gasteiger partial charge on any atom is 0.123 e. The third-order valence-electron chi connectivity index (χ3n) is 3.38. The van der Waals surface area contributed by atoms with Crippen molar-refractivity contribution in [2.75, 3.05) is 14.2 Å². The van der Waals surface area contributed by atoms with Gasteiger partial charge >= 0.3 is 0 Å². The zero-order valence-corrected chi connectivity index (χ0v) is 13.0. The lowest BCUT2D eigenvalue weighted by molar-refractivity contribution is 0.408. The van der Waals surface area contributed by atoms with E-state index in [0.717, 1.165) is 33.8 Å². The first-order chi connectivity index (χ1) is 9.56. The molecule has 2 nitrogen and oxygen atoms in total. The molecule has 20 heavy (non-hydrogen) atoms. The molecule has 2 aromatic rings. The summed E-state index contributed by atoms with van der Waals surface area (Å²) in [5.74, 6) is 1.65. The first-order valence-electron chi connectivity index (χ1n) is 6.50. The predicted molar refractivity (Wildman–Crippen MR) is 83.2 cm³/mol. The minimum Gasteiger partial charge on any atom is -0.496 e. The normalized spacial score (nSPS) is 12.1. The molecular weight excluding hydrogens is 272 g/mol. The van der Waals surface area contributed by atoms with Crippen LogP contribution in [0.25, 0.3) is 0 Å². The lowest BCUT2D eigenvalue weighted by Gasteiger charge is -2.16. The maximum absolute atomic E-state index is 6.63. The topological polar surface area (TPSA) is 18.5 Å². The Morgan fingerprint density at radius 2 is 1.60 bits per heavy atom. The molecule has 3 heteroatoms. The van der Waals surface area contributed by atoms with Crippen molar-refractivity contribution in [2.45, 2.75) is 19.2 Å². The van der Waals surface area contributed by atoms with Crippen molar-refractivity contribution >= 4 is 11.6 Å². The molecular formula is C17H19ClO2. The number of halogens is 1. The third-order valence-corrected chi connectivity index (χ3v) is 3.87. The number of rotatable bonds is 4. The molecule has 1 unspecified atom stereocenters. The number of hydrogen-bond donors (Lipinski definition) is 0. The Kier molecular flexibility index (Phi) is 4.56. The molecule has 0 radical (unpaired) electrons. The summed E-state index contributed by atoms with van der Waals surface area (Å²) in [6.07, 6.45) is 0. The van der Waals surface area contributed by atoms with E-state index in [0.29, 0.717) is 0 Å². The third kappa shape index (κ3) is 2.91. The zero-order chi connectivity index (χ0) is 14.7. The van der Waals surface area contributed by atoms with Gasteiger partial charge in [-0.3, -0.25) is 0 Å². The highest BCUT2D eigenvalue weighted by Crippen LogP contribution is 2.37. The van der Waals surface area contributed by atoms with E-state index in [-0.39, 0.29) is 5.38 Å². The van der Waals surface area contributed by atoms with Crippen molar-refractivity contribution in [3.63, 3.8) is 0 Å². The number of ether oxygens (including phenoxy) is 2. The van der Waals surface area contributed by atoms with Crippen LogP contribution in [0.5, 0.6) is 11.5 Å². The van der Waals surface area contributed by atoms with Gasteiger partial charge in [-0.05, 0) is 37.1 Å². The highest BCUT2D eigenvalue weighted by atomic mass is 35.5. The number of aryl methyl sites for hydroxylation is 2. The Morgan fingerprint density at radius 3 is 2.25 bits per heavy atom. The smallest absolute Gasteiger partial charge is 0.123 e. The predicted octanol–water partition coefficient (Wildman–Crippen LogP) is 4.65. The Labute approximate surface area is 125 Å². The molecule has 0 aliphatic heterocycles. The summed E-state index contributed by atoms with van der Waals surface area (Å²) in [5.41, 5.74) is 4.22. The quantitative estimate of drug-likeness (QED) is 0.763. The van der Waals surface area contributed by atoms with Crippen LogP contribution in [0.1, 0.15) is 27.6 Å². The number of methoxy groups -OCH3 is 2. The second kappa shape index (κ2) is 6.19. The van der Waals surface area contributed by atoms with Crippen LogP contribution in [-0.2, 0) is 0 Å². The van der Waals surface area contributed by atoms with E-state index in [2.05, 4.69) is 6.07 Å². The average molecular weight is 291 g/mol. The van der Waals surface area contributed by atoms with Gasteiger partial charge in [0.25, 0.3) is 0 Å². The fourth-order valence-electron chi connectivity index (χ4n) is 2.23. The Bertz CT molecular complexity index is 608. The van der Waals surface area contributed by atoms with Crippen LogP contribution in [-0.4, -0.2) is 14.2 Å². The van der Waals surface area contributed by atoms with Crippen LogP contribution in [0.3, 0.4) is 0 Å². The van der Waals surface area contributed by atoms with Gasteiger partial charge in [-0.2, -0.15) is 0 Å². The van der Waals surface area contributed by atoms with Crippen molar-refractivity contribution < 1.29 is 9.47 Å². The first kappa shape index (κ1) is 14.7. The van der Waals surface area contributed by atoms with Gasteiger partial charge in [0.2, 0.25) is 0 Å². The van der Waals surface area contributed by atoms with Gasteiger partial charge in [-0.25, -0.2) is 0 Å². The second-order valence-corrected chi connectivity index (χ2v) is 5.27. The molecule has 0 saturated carbocycles. The summed E-state index contributed by atoms with van der Waals surface area (Å²) in [6.45, 7) is 4.06. The highest BCUT2D eigenvalue weighted by molar-refractivity contribution is 6.22. The first-order valence-corrected chi connectivity index (χ1v) is 6.93. The van der Waals surface area contributed by atoms with Crippen molar-refractivity contribution in [1.29, 1.82) is 0 Å². The molecule has 1 atom stereocenters. The number of benzene rings is 2. The summed E-state index contributed by atoms with van der Waals surface area (Å²) in [6, 6.07) is 12.0. The van der Waals surface area contributed by atoms with Gasteiger partial charge in [-0.1, -0.05) is 29.8 Å². The molecule has 0 spiro atoms. The molecule has 106 valence electrons. The van der Waals surface area contributed by atoms with Crippen LogP contribution in [0.4, 0.5) is 0 Å². The van der Waals surface area contributed by atoms with Crippen LogP contribution in [0.15, 0.2) is 36.4 Å². The van der Waals surface area contributed by atoms with E-state index in [9.17, 15) is 0 Å². The minimum atomic E-state index is -0.264. The minimum absolute atomic E-state index is 0.264. The van der Waals surface area contributed by atoms with Gasteiger partial charge in [0.05, 0.1) is 19.6 Å². The lowest BCUT2D eigenvalue weighted by atomic mass is 10.00. The van der Waals surface area contributed by atoms with E-state index in [1.54, 1.807) is 14.2 Å². The Hall–Kier alpha value is -1.67. The molecule has 2 aromatic carbocycles. The van der Waals surface area contributed by atoms with Crippen molar-refractivity contribution in [2.24, 2.45) is 0 Å². The van der Waals surface area contributed by atoms with Gasteiger partial charge in [-0.15, -0.1) is 11.6 Å². The highest BCUT2D eigenvalue weighted by Gasteiger charge is 2.17. The van der Waals surface area contributed by atoms with E-state index < -0.39 is 0 Å². The molecule has 0 aliphatic rings. The van der Waals surface area contributed by atoms with Crippen LogP contribution in [0.2, 0.25) is 0 Å². The average Bonchev–Trinajstić information content (AvgIpc) is 2.47. The van der Waals surface area contributed by atoms with E-state index in [1.807, 2.05) is 44.2 Å². The van der Waals surface area contributed by atoms with Crippen molar-refractivity contribution in [1.82, 2.24) is 0 Å². The molecule has 0 amide bonds. The lowest BCUT2D eigenvalue weighted by Crippen LogP contribution is -1.99. The van der Waals surface area contributed by atoms with Crippen LogP contribution in [0, 0.1) is 13.8 Å². The van der Waals surface area contributed by atoms with Gasteiger partial charge in [0.1, 0.15) is 11.5 Å². The standard InChI is InChI=1S/C17H19ClO2/c1-11-5-8-15(19-3)14(9-11)17(18)13-7-6-12(2)16(10-13)20-4/h5-10,17H,1-4H3. The SMILES string of the molecule is COc1cc(C(Cl)c2cc(C)ccc2OC)ccc1C. The largest absolute Gasteiger partial charge is 0.496 e. The summed E-state index contributed by atoms with van der Waals surface area (Å²) in [4.78, 5) is 0. The molecule has 0 aromatic heterocycles. The molecule has 0 heterocycles. The summed E-state index contributed by atoms with van der Waals surface area (Å²) in [7, 11) is 3.33. The van der Waals surface area contributed by atoms with Crippen molar-refractivity contribution in [3.8, 4) is 11.5 Å². The number of hydrogen-bond acceptors (Lipinski definition) is 2. The zero-order valence-electron chi connectivity index (χ0n) is 12.2. The van der Waals surface area contributed by atoms with Crippen LogP contribution < -0.4 is 9.47 Å². The van der Waals surface area contributed by atoms with Gasteiger partial charge < -0.3 is 9.47 Å².